The minimum absolute atomic E-state index is 1.25. The number of unbranched alkanes of at least 4 members (excludes halogenated alkanes) is 14. The molecule has 0 unspecified atom stereocenters. The van der Waals surface area contributed by atoms with Gasteiger partial charge in [-0.15, -0.1) is 0 Å². The molecule has 30 heavy (non-hydrogen) atoms. The third kappa shape index (κ3) is 9.67. The molecule has 0 aliphatic rings. The monoisotopic (exact) mass is 408 g/mol. The second-order valence-electron chi connectivity index (χ2n) is 9.38. The second kappa shape index (κ2) is 16.4. The summed E-state index contributed by atoms with van der Waals surface area (Å²) in [5.41, 5.74) is 3.18. The lowest BCUT2D eigenvalue weighted by Gasteiger charge is -2.12. The number of rotatable bonds is 18. The zero-order valence-corrected chi connectivity index (χ0v) is 20.2. The van der Waals surface area contributed by atoms with Gasteiger partial charge in [0.15, 0.2) is 0 Å². The fraction of sp³-hybridized carbons (Fsp3) is 0.667. The first-order valence-corrected chi connectivity index (χ1v) is 13.4. The molecule has 0 fully saturated rings. The Morgan fingerprint density at radius 3 is 1.20 bits per heavy atom. The highest BCUT2D eigenvalue weighted by molar-refractivity contribution is 5.89. The van der Waals surface area contributed by atoms with E-state index in [9.17, 15) is 0 Å². The lowest BCUT2D eigenvalue weighted by molar-refractivity contribution is 0.575. The van der Waals surface area contributed by atoms with Crippen LogP contribution in [0.15, 0.2) is 36.4 Å². The Labute approximate surface area is 187 Å². The molecule has 168 valence electrons. The third-order valence-electron chi connectivity index (χ3n) is 6.68. The molecule has 2 aromatic rings. The van der Waals surface area contributed by atoms with E-state index < -0.39 is 0 Å². The second-order valence-corrected chi connectivity index (χ2v) is 9.38. The van der Waals surface area contributed by atoms with Crippen LogP contribution in [-0.2, 0) is 12.8 Å². The number of aryl methyl sites for hydroxylation is 2. The summed E-state index contributed by atoms with van der Waals surface area (Å²) in [5, 5.41) is 3.02. The highest BCUT2D eigenvalue weighted by Crippen LogP contribution is 2.26. The van der Waals surface area contributed by atoms with Crippen LogP contribution in [0.25, 0.3) is 10.8 Å². The summed E-state index contributed by atoms with van der Waals surface area (Å²) >= 11 is 0. The van der Waals surface area contributed by atoms with Crippen LogP contribution in [-0.4, -0.2) is 0 Å². The van der Waals surface area contributed by atoms with Crippen molar-refractivity contribution in [1.29, 1.82) is 0 Å². The predicted molar refractivity (Wildman–Crippen MR) is 137 cm³/mol. The molecule has 0 bridgehead atoms. The average Bonchev–Trinajstić information content (AvgIpc) is 2.77. The highest BCUT2D eigenvalue weighted by Gasteiger charge is 2.06. The van der Waals surface area contributed by atoms with Crippen LogP contribution in [0, 0.1) is 0 Å². The molecule has 2 rings (SSSR count). The third-order valence-corrected chi connectivity index (χ3v) is 6.68. The summed E-state index contributed by atoms with van der Waals surface area (Å²) in [5.74, 6) is 0. The number of benzene rings is 2. The molecule has 0 radical (unpaired) electrons. The molecule has 0 heteroatoms. The Morgan fingerprint density at radius 2 is 0.800 bits per heavy atom. The molecular formula is C30H48. The van der Waals surface area contributed by atoms with E-state index in [1.165, 1.54) is 121 Å². The van der Waals surface area contributed by atoms with E-state index >= 15 is 0 Å². The van der Waals surface area contributed by atoms with E-state index in [-0.39, 0.29) is 0 Å². The van der Waals surface area contributed by atoms with Crippen molar-refractivity contribution in [2.75, 3.05) is 0 Å². The van der Waals surface area contributed by atoms with Crippen molar-refractivity contribution in [1.82, 2.24) is 0 Å². The van der Waals surface area contributed by atoms with Crippen LogP contribution in [0.3, 0.4) is 0 Å². The summed E-state index contributed by atoms with van der Waals surface area (Å²) in [6.45, 7) is 4.60. The van der Waals surface area contributed by atoms with E-state index in [4.69, 9.17) is 0 Å². The molecule has 0 aliphatic carbocycles. The van der Waals surface area contributed by atoms with Crippen molar-refractivity contribution >= 4 is 10.8 Å². The van der Waals surface area contributed by atoms with Crippen molar-refractivity contribution in [3.05, 3.63) is 47.5 Å². The number of hydrogen-bond acceptors (Lipinski definition) is 0. The van der Waals surface area contributed by atoms with E-state index in [1.54, 1.807) is 16.5 Å². The molecular weight excluding hydrogens is 360 g/mol. The summed E-state index contributed by atoms with van der Waals surface area (Å²) in [4.78, 5) is 0. The largest absolute Gasteiger partial charge is 0.0654 e. The quantitative estimate of drug-likeness (QED) is 0.215. The molecule has 0 spiro atoms. The fourth-order valence-electron chi connectivity index (χ4n) is 4.82. The van der Waals surface area contributed by atoms with Crippen molar-refractivity contribution in [3.63, 3.8) is 0 Å². The van der Waals surface area contributed by atoms with Crippen LogP contribution in [0.1, 0.15) is 128 Å². The van der Waals surface area contributed by atoms with Crippen LogP contribution in [0.2, 0.25) is 0 Å². The Kier molecular flexibility index (Phi) is 13.6. The maximum absolute atomic E-state index is 2.39. The first-order valence-electron chi connectivity index (χ1n) is 13.4. The SMILES string of the molecule is CCCCCCCCCCc1cccc2cccc(CCCCCCCCCC)c12. The number of hydrogen-bond donors (Lipinski definition) is 0. The Balaban J connectivity index is 1.78. The van der Waals surface area contributed by atoms with Gasteiger partial charge >= 0.3 is 0 Å². The van der Waals surface area contributed by atoms with Gasteiger partial charge in [0.2, 0.25) is 0 Å². The molecule has 0 aromatic heterocycles. The maximum atomic E-state index is 2.39. The van der Waals surface area contributed by atoms with Gasteiger partial charge in [0, 0.05) is 0 Å². The zero-order valence-electron chi connectivity index (χ0n) is 20.2. The molecule has 0 saturated heterocycles. The van der Waals surface area contributed by atoms with Crippen molar-refractivity contribution in [2.24, 2.45) is 0 Å². The molecule has 0 atom stereocenters. The van der Waals surface area contributed by atoms with Gasteiger partial charge in [-0.2, -0.15) is 0 Å². The van der Waals surface area contributed by atoms with Gasteiger partial charge in [0.25, 0.3) is 0 Å². The van der Waals surface area contributed by atoms with E-state index in [0.29, 0.717) is 0 Å². The van der Waals surface area contributed by atoms with Gasteiger partial charge in [0.05, 0.1) is 0 Å². The van der Waals surface area contributed by atoms with Gasteiger partial charge in [0.1, 0.15) is 0 Å². The summed E-state index contributed by atoms with van der Waals surface area (Å²) in [6.07, 6.45) is 24.9. The minimum Gasteiger partial charge on any atom is -0.0654 e. The minimum atomic E-state index is 1.25. The van der Waals surface area contributed by atoms with E-state index in [1.807, 2.05) is 0 Å². The Morgan fingerprint density at radius 1 is 0.433 bits per heavy atom. The van der Waals surface area contributed by atoms with Gasteiger partial charge < -0.3 is 0 Å². The van der Waals surface area contributed by atoms with Gasteiger partial charge in [-0.3, -0.25) is 0 Å². The first-order chi connectivity index (χ1) is 14.9. The van der Waals surface area contributed by atoms with Gasteiger partial charge in [-0.25, -0.2) is 0 Å². The number of fused-ring (bicyclic) bond motifs is 1. The Hall–Kier alpha value is -1.30. The first kappa shape index (κ1) is 25.0. The standard InChI is InChI=1S/C30H48/c1-3-5-7-9-11-13-15-17-21-27-23-19-25-29-26-20-24-28(30(27)29)22-18-16-14-12-10-8-6-4-2/h19-20,23-26H,3-18,21-22H2,1-2H3. The lowest BCUT2D eigenvalue weighted by atomic mass is 9.93. The van der Waals surface area contributed by atoms with Crippen LogP contribution in [0.4, 0.5) is 0 Å². The van der Waals surface area contributed by atoms with Crippen molar-refractivity contribution < 1.29 is 0 Å². The fourth-order valence-corrected chi connectivity index (χ4v) is 4.82. The smallest absolute Gasteiger partial charge is 0.0120 e. The highest BCUT2D eigenvalue weighted by atomic mass is 14.1. The Bertz CT molecular complexity index is 614. The molecule has 0 saturated carbocycles. The summed E-state index contributed by atoms with van der Waals surface area (Å²) in [7, 11) is 0. The molecule has 0 aliphatic heterocycles. The van der Waals surface area contributed by atoms with E-state index in [0.717, 1.165) is 0 Å². The summed E-state index contributed by atoms with van der Waals surface area (Å²) < 4.78 is 0. The normalized spacial score (nSPS) is 11.4. The van der Waals surface area contributed by atoms with Crippen LogP contribution < -0.4 is 0 Å². The van der Waals surface area contributed by atoms with Crippen molar-refractivity contribution in [2.45, 2.75) is 129 Å². The van der Waals surface area contributed by atoms with Gasteiger partial charge in [-0.1, -0.05) is 140 Å². The average molecular weight is 409 g/mol. The maximum Gasteiger partial charge on any atom is -0.0120 e. The van der Waals surface area contributed by atoms with Crippen molar-refractivity contribution in [3.8, 4) is 0 Å². The lowest BCUT2D eigenvalue weighted by Crippen LogP contribution is -1.94. The summed E-state index contributed by atoms with van der Waals surface area (Å²) in [6, 6.07) is 13.9. The topological polar surface area (TPSA) is 0 Å². The van der Waals surface area contributed by atoms with E-state index in [2.05, 4.69) is 50.2 Å². The zero-order chi connectivity index (χ0) is 21.3. The van der Waals surface area contributed by atoms with Gasteiger partial charge in [-0.05, 0) is 47.6 Å². The molecule has 0 nitrogen and oxygen atoms in total. The molecule has 0 N–H and O–H groups in total. The molecule has 2 aromatic carbocycles. The molecule has 0 heterocycles. The molecule has 0 amide bonds. The van der Waals surface area contributed by atoms with Crippen LogP contribution in [0.5, 0.6) is 0 Å². The van der Waals surface area contributed by atoms with Crippen LogP contribution >= 0.6 is 0 Å². The predicted octanol–water partition coefficient (Wildman–Crippen LogP) is 10.2.